The summed E-state index contributed by atoms with van der Waals surface area (Å²) >= 11 is 6.33. The second-order valence-corrected chi connectivity index (χ2v) is 5.16. The van der Waals surface area contributed by atoms with Crippen molar-refractivity contribution in [3.05, 3.63) is 53.1 Å². The summed E-state index contributed by atoms with van der Waals surface area (Å²) in [5.74, 6) is 0.839. The maximum Gasteiger partial charge on any atom is 0.126 e. The van der Waals surface area contributed by atoms with E-state index in [1.807, 2.05) is 30.3 Å². The minimum absolute atomic E-state index is 0.743. The van der Waals surface area contributed by atoms with E-state index in [0.29, 0.717) is 0 Å². The van der Waals surface area contributed by atoms with Crippen molar-refractivity contribution in [3.8, 4) is 16.9 Å². The first-order valence-corrected chi connectivity index (χ1v) is 6.56. The van der Waals surface area contributed by atoms with Crippen LogP contribution in [0.2, 0.25) is 5.02 Å². The van der Waals surface area contributed by atoms with Crippen molar-refractivity contribution >= 4 is 11.6 Å². The number of ether oxygens (including phenoxy) is 1. The number of para-hydroxylation sites is 1. The molecular weight excluding hydrogens is 258 g/mol. The van der Waals surface area contributed by atoms with E-state index in [0.717, 1.165) is 28.4 Å². The summed E-state index contributed by atoms with van der Waals surface area (Å²) < 4.78 is 5.41. The molecule has 0 amide bonds. The van der Waals surface area contributed by atoms with Crippen molar-refractivity contribution in [2.24, 2.45) is 0 Å². The molecule has 2 nitrogen and oxygen atoms in total. The van der Waals surface area contributed by atoms with Gasteiger partial charge in [0.15, 0.2) is 0 Å². The molecule has 0 aliphatic carbocycles. The maximum absolute atomic E-state index is 6.33. The lowest BCUT2D eigenvalue weighted by Crippen LogP contribution is -2.10. The van der Waals surface area contributed by atoms with E-state index in [9.17, 15) is 0 Å². The van der Waals surface area contributed by atoms with Crippen LogP contribution >= 0.6 is 11.6 Å². The summed E-state index contributed by atoms with van der Waals surface area (Å²) in [5.41, 5.74) is 3.27. The summed E-state index contributed by atoms with van der Waals surface area (Å²) in [5, 5.41) is 0.743. The van der Waals surface area contributed by atoms with Crippen LogP contribution in [0.3, 0.4) is 0 Å². The van der Waals surface area contributed by atoms with E-state index >= 15 is 0 Å². The zero-order chi connectivity index (χ0) is 13.8. The number of halogens is 1. The average Bonchev–Trinajstić information content (AvgIpc) is 2.40. The largest absolute Gasteiger partial charge is 0.496 e. The van der Waals surface area contributed by atoms with E-state index in [2.05, 4.69) is 31.1 Å². The first-order chi connectivity index (χ1) is 9.11. The first-order valence-electron chi connectivity index (χ1n) is 6.18. The highest BCUT2D eigenvalue weighted by Gasteiger charge is 2.10. The smallest absolute Gasteiger partial charge is 0.126 e. The number of rotatable bonds is 4. The van der Waals surface area contributed by atoms with Gasteiger partial charge >= 0.3 is 0 Å². The second kappa shape index (κ2) is 6.09. The van der Waals surface area contributed by atoms with Crippen molar-refractivity contribution in [2.45, 2.75) is 6.54 Å². The zero-order valence-corrected chi connectivity index (χ0v) is 12.2. The van der Waals surface area contributed by atoms with Gasteiger partial charge < -0.3 is 9.64 Å². The highest BCUT2D eigenvalue weighted by molar-refractivity contribution is 6.33. The van der Waals surface area contributed by atoms with E-state index in [1.165, 1.54) is 5.56 Å². The van der Waals surface area contributed by atoms with E-state index in [-0.39, 0.29) is 0 Å². The predicted molar refractivity (Wildman–Crippen MR) is 80.8 cm³/mol. The van der Waals surface area contributed by atoms with Crippen LogP contribution in [0.4, 0.5) is 0 Å². The first kappa shape index (κ1) is 13.9. The highest BCUT2D eigenvalue weighted by atomic mass is 35.5. The van der Waals surface area contributed by atoms with Crippen LogP contribution < -0.4 is 4.74 Å². The molecule has 0 heterocycles. The molecule has 0 aliphatic rings. The molecule has 2 rings (SSSR count). The van der Waals surface area contributed by atoms with Crippen LogP contribution in [0.25, 0.3) is 11.1 Å². The Labute approximate surface area is 119 Å². The molecular formula is C16H18ClNO. The van der Waals surface area contributed by atoms with Gasteiger partial charge in [-0.2, -0.15) is 0 Å². The Morgan fingerprint density at radius 3 is 2.47 bits per heavy atom. The molecule has 0 radical (unpaired) electrons. The Balaban J connectivity index is 2.48. The van der Waals surface area contributed by atoms with Crippen LogP contribution in [0.1, 0.15) is 5.56 Å². The quantitative estimate of drug-likeness (QED) is 0.834. The molecule has 0 atom stereocenters. The molecule has 0 saturated heterocycles. The van der Waals surface area contributed by atoms with E-state index in [4.69, 9.17) is 16.3 Å². The number of hydrogen-bond acceptors (Lipinski definition) is 2. The summed E-state index contributed by atoms with van der Waals surface area (Å²) in [6, 6.07) is 14.1. The summed E-state index contributed by atoms with van der Waals surface area (Å²) in [4.78, 5) is 2.13. The SMILES string of the molecule is COc1ccccc1-c1cc(CN(C)C)ccc1Cl. The van der Waals surface area contributed by atoms with Gasteiger partial charge in [-0.15, -0.1) is 0 Å². The number of nitrogens with zero attached hydrogens (tertiary/aromatic N) is 1. The van der Waals surface area contributed by atoms with Crippen molar-refractivity contribution in [1.82, 2.24) is 4.90 Å². The molecule has 0 aromatic heterocycles. The van der Waals surface area contributed by atoms with Crippen molar-refractivity contribution in [2.75, 3.05) is 21.2 Å². The standard InChI is InChI=1S/C16H18ClNO/c1-18(2)11-12-8-9-15(17)14(10-12)13-6-4-5-7-16(13)19-3/h4-10H,11H2,1-3H3. The lowest BCUT2D eigenvalue weighted by Gasteiger charge is -2.14. The van der Waals surface area contributed by atoms with Gasteiger partial charge in [0.25, 0.3) is 0 Å². The normalized spacial score (nSPS) is 10.8. The zero-order valence-electron chi connectivity index (χ0n) is 11.5. The van der Waals surface area contributed by atoms with Crippen molar-refractivity contribution in [3.63, 3.8) is 0 Å². The Morgan fingerprint density at radius 2 is 1.79 bits per heavy atom. The molecule has 100 valence electrons. The van der Waals surface area contributed by atoms with Gasteiger partial charge in [0.05, 0.1) is 7.11 Å². The molecule has 2 aromatic rings. The number of methoxy groups -OCH3 is 1. The van der Waals surface area contributed by atoms with Gasteiger partial charge in [-0.25, -0.2) is 0 Å². The average molecular weight is 276 g/mol. The van der Waals surface area contributed by atoms with Crippen molar-refractivity contribution in [1.29, 1.82) is 0 Å². The Bertz CT molecular complexity index is 566. The Morgan fingerprint density at radius 1 is 1.05 bits per heavy atom. The monoisotopic (exact) mass is 275 g/mol. The number of hydrogen-bond donors (Lipinski definition) is 0. The molecule has 0 aliphatic heterocycles. The molecule has 0 bridgehead atoms. The van der Waals surface area contributed by atoms with Gasteiger partial charge in [-0.05, 0) is 37.9 Å². The van der Waals surface area contributed by atoms with Gasteiger partial charge in [-0.1, -0.05) is 35.9 Å². The minimum atomic E-state index is 0.743. The predicted octanol–water partition coefficient (Wildman–Crippen LogP) is 4.08. The van der Waals surface area contributed by atoms with E-state index in [1.54, 1.807) is 7.11 Å². The van der Waals surface area contributed by atoms with E-state index < -0.39 is 0 Å². The fourth-order valence-electron chi connectivity index (χ4n) is 2.11. The van der Waals surface area contributed by atoms with Gasteiger partial charge in [0.1, 0.15) is 5.75 Å². The van der Waals surface area contributed by atoms with Crippen LogP contribution in [0, 0.1) is 0 Å². The molecule has 0 N–H and O–H groups in total. The molecule has 0 spiro atoms. The highest BCUT2D eigenvalue weighted by Crippen LogP contribution is 2.35. The number of benzene rings is 2. The third-order valence-corrected chi connectivity index (χ3v) is 3.26. The minimum Gasteiger partial charge on any atom is -0.496 e. The van der Waals surface area contributed by atoms with Gasteiger partial charge in [0.2, 0.25) is 0 Å². The fraction of sp³-hybridized carbons (Fsp3) is 0.250. The summed E-state index contributed by atoms with van der Waals surface area (Å²) in [6.45, 7) is 0.888. The van der Waals surface area contributed by atoms with Crippen LogP contribution in [0.5, 0.6) is 5.75 Å². The fourth-order valence-corrected chi connectivity index (χ4v) is 2.33. The van der Waals surface area contributed by atoms with Crippen LogP contribution in [0.15, 0.2) is 42.5 Å². The van der Waals surface area contributed by atoms with Crippen LogP contribution in [-0.4, -0.2) is 26.1 Å². The van der Waals surface area contributed by atoms with Gasteiger partial charge in [0, 0.05) is 22.7 Å². The summed E-state index contributed by atoms with van der Waals surface area (Å²) in [7, 11) is 5.78. The molecule has 0 fully saturated rings. The molecule has 19 heavy (non-hydrogen) atoms. The van der Waals surface area contributed by atoms with Crippen LogP contribution in [-0.2, 0) is 6.54 Å². The Kier molecular flexibility index (Phi) is 4.46. The lowest BCUT2D eigenvalue weighted by molar-refractivity contribution is 0.402. The van der Waals surface area contributed by atoms with Gasteiger partial charge in [-0.3, -0.25) is 0 Å². The Hall–Kier alpha value is -1.51. The molecule has 0 saturated carbocycles. The second-order valence-electron chi connectivity index (χ2n) is 4.75. The molecule has 3 heteroatoms. The van der Waals surface area contributed by atoms with Crippen molar-refractivity contribution < 1.29 is 4.74 Å². The maximum atomic E-state index is 6.33. The third-order valence-electron chi connectivity index (χ3n) is 2.93. The molecule has 0 unspecified atom stereocenters. The lowest BCUT2D eigenvalue weighted by atomic mass is 10.0. The summed E-state index contributed by atoms with van der Waals surface area (Å²) in [6.07, 6.45) is 0. The molecule has 2 aromatic carbocycles. The topological polar surface area (TPSA) is 12.5 Å². The third kappa shape index (κ3) is 3.28.